The van der Waals surface area contributed by atoms with Crippen LogP contribution >= 0.6 is 0 Å². The number of hydrogen-bond acceptors (Lipinski definition) is 1. The molecule has 0 heterocycles. The van der Waals surface area contributed by atoms with Crippen molar-refractivity contribution in [3.63, 3.8) is 0 Å². The summed E-state index contributed by atoms with van der Waals surface area (Å²) in [7, 11) is 0. The Hall–Kier alpha value is -1.11. The van der Waals surface area contributed by atoms with E-state index in [1.165, 1.54) is 11.1 Å². The van der Waals surface area contributed by atoms with Gasteiger partial charge in [0.25, 0.3) is 0 Å². The van der Waals surface area contributed by atoms with Gasteiger partial charge in [0, 0.05) is 5.92 Å². The molecule has 1 aromatic rings. The van der Waals surface area contributed by atoms with Crippen LogP contribution in [0.2, 0.25) is 0 Å². The zero-order valence-electron chi connectivity index (χ0n) is 9.21. The van der Waals surface area contributed by atoms with Crippen molar-refractivity contribution in [3.05, 3.63) is 35.4 Å². The lowest BCUT2D eigenvalue weighted by atomic mass is 9.94. The molecule has 0 fully saturated rings. The minimum absolute atomic E-state index is 0.141. The Bertz CT molecular complexity index is 315. The highest BCUT2D eigenvalue weighted by Gasteiger charge is 2.10. The molecule has 0 N–H and O–H groups in total. The monoisotopic (exact) mass is 190 g/mol. The van der Waals surface area contributed by atoms with Gasteiger partial charge in [-0.2, -0.15) is 0 Å². The Morgan fingerprint density at radius 3 is 2.36 bits per heavy atom. The van der Waals surface area contributed by atoms with Gasteiger partial charge in [0.1, 0.15) is 5.78 Å². The molecule has 0 saturated carbocycles. The number of hydrogen-bond donors (Lipinski definition) is 0. The van der Waals surface area contributed by atoms with Gasteiger partial charge in [-0.25, -0.2) is 0 Å². The van der Waals surface area contributed by atoms with Gasteiger partial charge in [0.15, 0.2) is 0 Å². The Balaban J connectivity index is 2.80. The van der Waals surface area contributed by atoms with Crippen LogP contribution in [-0.2, 0) is 17.6 Å². The zero-order chi connectivity index (χ0) is 10.6. The maximum Gasteiger partial charge on any atom is 0.132 e. The van der Waals surface area contributed by atoms with Gasteiger partial charge < -0.3 is 0 Å². The molecule has 0 aliphatic carbocycles. The number of Topliss-reactive ketones (excluding diaryl/α,β-unsaturated/α-hetero) is 1. The fraction of sp³-hybridized carbons (Fsp3) is 0.462. The van der Waals surface area contributed by atoms with Gasteiger partial charge in [-0.05, 0) is 30.9 Å². The average molecular weight is 190 g/mol. The fourth-order valence-electron chi connectivity index (χ4n) is 1.58. The molecule has 0 aromatic heterocycles. The Morgan fingerprint density at radius 1 is 1.29 bits per heavy atom. The molecule has 0 saturated heterocycles. The zero-order valence-corrected chi connectivity index (χ0v) is 9.21. The third kappa shape index (κ3) is 2.69. The normalized spacial score (nSPS) is 12.5. The Labute approximate surface area is 86.1 Å². The summed E-state index contributed by atoms with van der Waals surface area (Å²) in [5, 5.41) is 0. The third-order valence-electron chi connectivity index (χ3n) is 2.72. The lowest BCUT2D eigenvalue weighted by molar-refractivity contribution is -0.120. The summed E-state index contributed by atoms with van der Waals surface area (Å²) in [6.07, 6.45) is 1.92. The van der Waals surface area contributed by atoms with Crippen molar-refractivity contribution in [1.29, 1.82) is 0 Å². The van der Waals surface area contributed by atoms with Crippen molar-refractivity contribution in [3.8, 4) is 0 Å². The molecule has 1 atom stereocenters. The highest BCUT2D eigenvalue weighted by atomic mass is 16.1. The van der Waals surface area contributed by atoms with Gasteiger partial charge in [-0.1, -0.05) is 38.1 Å². The largest absolute Gasteiger partial charge is 0.300 e. The first kappa shape index (κ1) is 11.0. The van der Waals surface area contributed by atoms with Crippen molar-refractivity contribution in [2.24, 2.45) is 5.92 Å². The number of rotatable bonds is 4. The minimum atomic E-state index is 0.141. The average Bonchev–Trinajstić information content (AvgIpc) is 2.18. The molecule has 1 aromatic carbocycles. The molecule has 1 nitrogen and oxygen atoms in total. The van der Waals surface area contributed by atoms with Crippen LogP contribution in [0.1, 0.15) is 31.9 Å². The molecule has 76 valence electrons. The summed E-state index contributed by atoms with van der Waals surface area (Å²) in [5.74, 6) is 0.415. The van der Waals surface area contributed by atoms with E-state index in [9.17, 15) is 4.79 Å². The molecule has 1 unspecified atom stereocenters. The SMILES string of the molecule is CCc1ccccc1CC(C)C(C)=O. The van der Waals surface area contributed by atoms with Gasteiger partial charge in [-0.3, -0.25) is 4.79 Å². The van der Waals surface area contributed by atoms with Crippen LogP contribution in [0.15, 0.2) is 24.3 Å². The summed E-state index contributed by atoms with van der Waals surface area (Å²) in [4.78, 5) is 11.1. The maximum atomic E-state index is 11.1. The molecular weight excluding hydrogens is 172 g/mol. The Kier molecular flexibility index (Phi) is 3.87. The third-order valence-corrected chi connectivity index (χ3v) is 2.72. The lowest BCUT2D eigenvalue weighted by Gasteiger charge is -2.11. The number of carbonyl (C=O) groups excluding carboxylic acids is 1. The molecular formula is C13H18O. The van der Waals surface area contributed by atoms with Crippen LogP contribution in [0.3, 0.4) is 0 Å². The molecule has 0 bridgehead atoms. The predicted molar refractivity (Wildman–Crippen MR) is 59.4 cm³/mol. The number of carbonyl (C=O) groups is 1. The molecule has 1 rings (SSSR count). The fourth-order valence-corrected chi connectivity index (χ4v) is 1.58. The molecule has 0 aliphatic heterocycles. The van der Waals surface area contributed by atoms with Gasteiger partial charge >= 0.3 is 0 Å². The molecule has 0 amide bonds. The van der Waals surface area contributed by atoms with Crippen molar-refractivity contribution in [2.75, 3.05) is 0 Å². The second kappa shape index (κ2) is 4.94. The first-order valence-electron chi connectivity index (χ1n) is 5.22. The lowest BCUT2D eigenvalue weighted by Crippen LogP contribution is -2.10. The van der Waals surface area contributed by atoms with Crippen molar-refractivity contribution in [2.45, 2.75) is 33.6 Å². The van der Waals surface area contributed by atoms with E-state index < -0.39 is 0 Å². The summed E-state index contributed by atoms with van der Waals surface area (Å²) >= 11 is 0. The van der Waals surface area contributed by atoms with E-state index >= 15 is 0 Å². The molecule has 0 aliphatic rings. The van der Waals surface area contributed by atoms with E-state index in [2.05, 4.69) is 25.1 Å². The van der Waals surface area contributed by atoms with Crippen LogP contribution in [0.5, 0.6) is 0 Å². The van der Waals surface area contributed by atoms with Crippen molar-refractivity contribution < 1.29 is 4.79 Å². The number of aryl methyl sites for hydroxylation is 1. The maximum absolute atomic E-state index is 11.1. The standard InChI is InChI=1S/C13H18O/c1-4-12-7-5-6-8-13(12)9-10(2)11(3)14/h5-8,10H,4,9H2,1-3H3. The van der Waals surface area contributed by atoms with Gasteiger partial charge in [0.05, 0.1) is 0 Å². The molecule has 0 radical (unpaired) electrons. The van der Waals surface area contributed by atoms with Crippen LogP contribution in [0.4, 0.5) is 0 Å². The smallest absolute Gasteiger partial charge is 0.132 e. The first-order valence-corrected chi connectivity index (χ1v) is 5.22. The van der Waals surface area contributed by atoms with E-state index in [-0.39, 0.29) is 11.7 Å². The van der Waals surface area contributed by atoms with Crippen LogP contribution < -0.4 is 0 Å². The van der Waals surface area contributed by atoms with E-state index in [1.54, 1.807) is 6.92 Å². The van der Waals surface area contributed by atoms with Crippen molar-refractivity contribution in [1.82, 2.24) is 0 Å². The summed E-state index contributed by atoms with van der Waals surface area (Å²) in [6.45, 7) is 5.81. The van der Waals surface area contributed by atoms with Gasteiger partial charge in [0.2, 0.25) is 0 Å². The topological polar surface area (TPSA) is 17.1 Å². The quantitative estimate of drug-likeness (QED) is 0.713. The second-order valence-electron chi connectivity index (χ2n) is 3.84. The second-order valence-corrected chi connectivity index (χ2v) is 3.84. The highest BCUT2D eigenvalue weighted by Crippen LogP contribution is 2.14. The summed E-state index contributed by atoms with van der Waals surface area (Å²) in [6, 6.07) is 8.36. The minimum Gasteiger partial charge on any atom is -0.300 e. The summed E-state index contributed by atoms with van der Waals surface area (Å²) < 4.78 is 0. The summed E-state index contributed by atoms with van der Waals surface area (Å²) in [5.41, 5.74) is 2.68. The van der Waals surface area contributed by atoms with Crippen LogP contribution in [-0.4, -0.2) is 5.78 Å². The predicted octanol–water partition coefficient (Wildman–Crippen LogP) is 3.02. The number of ketones is 1. The molecule has 1 heteroatoms. The van der Waals surface area contributed by atoms with Gasteiger partial charge in [-0.15, -0.1) is 0 Å². The highest BCUT2D eigenvalue weighted by molar-refractivity contribution is 5.78. The molecule has 0 spiro atoms. The van der Waals surface area contributed by atoms with E-state index in [1.807, 2.05) is 13.0 Å². The van der Waals surface area contributed by atoms with E-state index in [0.717, 1.165) is 12.8 Å². The van der Waals surface area contributed by atoms with Crippen LogP contribution in [0.25, 0.3) is 0 Å². The van der Waals surface area contributed by atoms with Crippen LogP contribution in [0, 0.1) is 5.92 Å². The number of benzene rings is 1. The first-order chi connectivity index (χ1) is 6.65. The van der Waals surface area contributed by atoms with E-state index in [4.69, 9.17) is 0 Å². The van der Waals surface area contributed by atoms with E-state index in [0.29, 0.717) is 0 Å². The molecule has 14 heavy (non-hydrogen) atoms. The Morgan fingerprint density at radius 2 is 1.86 bits per heavy atom. The van der Waals surface area contributed by atoms with Crippen molar-refractivity contribution >= 4 is 5.78 Å².